The maximum atomic E-state index is 12.0. The van der Waals surface area contributed by atoms with Gasteiger partial charge in [-0.15, -0.1) is 11.8 Å². The first-order valence-corrected chi connectivity index (χ1v) is 6.90. The molecule has 0 aliphatic rings. The summed E-state index contributed by atoms with van der Waals surface area (Å²) in [5, 5.41) is 2.83. The van der Waals surface area contributed by atoms with Crippen molar-refractivity contribution in [2.75, 3.05) is 18.7 Å². The molecule has 0 bridgehead atoms. The molecule has 0 radical (unpaired) electrons. The summed E-state index contributed by atoms with van der Waals surface area (Å²) < 4.78 is 5.28. The molecule has 0 spiro atoms. The number of methoxy groups -OCH3 is 1. The lowest BCUT2D eigenvalue weighted by Crippen LogP contribution is -2.12. The van der Waals surface area contributed by atoms with Crippen molar-refractivity contribution in [2.45, 2.75) is 4.90 Å². The van der Waals surface area contributed by atoms with Gasteiger partial charge in [0.1, 0.15) is 5.75 Å². The molecule has 1 heterocycles. The summed E-state index contributed by atoms with van der Waals surface area (Å²) in [6, 6.07) is 9.00. The van der Waals surface area contributed by atoms with Crippen molar-refractivity contribution in [3.05, 3.63) is 48.3 Å². The number of benzene rings is 1. The SMILES string of the molecule is COc1cc(SC)ccc1NC(=O)c1ccncc1. The van der Waals surface area contributed by atoms with Crippen molar-refractivity contribution in [3.8, 4) is 5.75 Å². The highest BCUT2D eigenvalue weighted by Crippen LogP contribution is 2.29. The van der Waals surface area contributed by atoms with E-state index in [1.807, 2.05) is 24.5 Å². The minimum atomic E-state index is -0.183. The molecule has 2 rings (SSSR count). The Labute approximate surface area is 116 Å². The molecule has 0 fully saturated rings. The smallest absolute Gasteiger partial charge is 0.255 e. The van der Waals surface area contributed by atoms with Crippen LogP contribution in [-0.2, 0) is 0 Å². The molecule has 1 aromatic heterocycles. The van der Waals surface area contributed by atoms with E-state index in [-0.39, 0.29) is 5.91 Å². The first kappa shape index (κ1) is 13.4. The number of pyridine rings is 1. The van der Waals surface area contributed by atoms with Crippen molar-refractivity contribution >= 4 is 23.4 Å². The van der Waals surface area contributed by atoms with Gasteiger partial charge in [0.2, 0.25) is 0 Å². The fourth-order valence-corrected chi connectivity index (χ4v) is 2.03. The molecule has 19 heavy (non-hydrogen) atoms. The van der Waals surface area contributed by atoms with Gasteiger partial charge >= 0.3 is 0 Å². The zero-order valence-corrected chi connectivity index (χ0v) is 11.5. The predicted octanol–water partition coefficient (Wildman–Crippen LogP) is 3.06. The minimum absolute atomic E-state index is 0.183. The number of nitrogens with zero attached hydrogens (tertiary/aromatic N) is 1. The summed E-state index contributed by atoms with van der Waals surface area (Å²) in [6.07, 6.45) is 5.16. The lowest BCUT2D eigenvalue weighted by molar-refractivity contribution is 0.102. The zero-order chi connectivity index (χ0) is 13.7. The Hall–Kier alpha value is -2.01. The van der Waals surface area contributed by atoms with Gasteiger partial charge in [0.25, 0.3) is 5.91 Å². The van der Waals surface area contributed by atoms with E-state index in [9.17, 15) is 4.79 Å². The molecule has 5 heteroatoms. The van der Waals surface area contributed by atoms with Crippen LogP contribution in [0.4, 0.5) is 5.69 Å². The van der Waals surface area contributed by atoms with Crippen LogP contribution in [-0.4, -0.2) is 24.3 Å². The molecule has 0 aliphatic heterocycles. The number of anilines is 1. The lowest BCUT2D eigenvalue weighted by Gasteiger charge is -2.11. The number of hydrogen-bond acceptors (Lipinski definition) is 4. The molecule has 0 saturated heterocycles. The second-order valence-electron chi connectivity index (χ2n) is 3.76. The van der Waals surface area contributed by atoms with Gasteiger partial charge in [-0.05, 0) is 36.6 Å². The van der Waals surface area contributed by atoms with Gasteiger partial charge in [-0.25, -0.2) is 0 Å². The summed E-state index contributed by atoms with van der Waals surface area (Å²) in [5.41, 5.74) is 1.22. The highest BCUT2D eigenvalue weighted by atomic mass is 32.2. The summed E-state index contributed by atoms with van der Waals surface area (Å²) in [7, 11) is 1.58. The van der Waals surface area contributed by atoms with E-state index in [0.717, 1.165) is 4.90 Å². The number of thioether (sulfide) groups is 1. The predicted molar refractivity (Wildman–Crippen MR) is 77.0 cm³/mol. The molecule has 1 N–H and O–H groups in total. The van der Waals surface area contributed by atoms with Crippen LogP contribution in [0.1, 0.15) is 10.4 Å². The van der Waals surface area contributed by atoms with Crippen LogP contribution in [0.25, 0.3) is 0 Å². The first-order chi connectivity index (χ1) is 9.24. The van der Waals surface area contributed by atoms with Crippen molar-refractivity contribution in [3.63, 3.8) is 0 Å². The fourth-order valence-electron chi connectivity index (χ4n) is 1.60. The summed E-state index contributed by atoms with van der Waals surface area (Å²) in [4.78, 5) is 17.0. The summed E-state index contributed by atoms with van der Waals surface area (Å²) in [6.45, 7) is 0. The molecule has 0 saturated carbocycles. The van der Waals surface area contributed by atoms with Crippen molar-refractivity contribution in [1.82, 2.24) is 4.98 Å². The second-order valence-corrected chi connectivity index (χ2v) is 4.64. The molecule has 0 unspecified atom stereocenters. The highest BCUT2D eigenvalue weighted by molar-refractivity contribution is 7.98. The summed E-state index contributed by atoms with van der Waals surface area (Å²) in [5.74, 6) is 0.465. The molecular formula is C14H14N2O2S. The van der Waals surface area contributed by atoms with Crippen LogP contribution >= 0.6 is 11.8 Å². The molecule has 1 aromatic carbocycles. The average molecular weight is 274 g/mol. The Balaban J connectivity index is 2.21. The lowest BCUT2D eigenvalue weighted by atomic mass is 10.2. The number of aromatic nitrogens is 1. The molecule has 2 aromatic rings. The van der Waals surface area contributed by atoms with E-state index in [1.165, 1.54) is 0 Å². The Bertz CT molecular complexity index is 573. The number of carbonyl (C=O) groups is 1. The van der Waals surface area contributed by atoms with Crippen LogP contribution in [0, 0.1) is 0 Å². The van der Waals surface area contributed by atoms with Gasteiger partial charge in [0, 0.05) is 22.9 Å². The minimum Gasteiger partial charge on any atom is -0.495 e. The van der Waals surface area contributed by atoms with E-state index >= 15 is 0 Å². The van der Waals surface area contributed by atoms with Gasteiger partial charge in [-0.3, -0.25) is 9.78 Å². The quantitative estimate of drug-likeness (QED) is 0.871. The van der Waals surface area contributed by atoms with Crippen molar-refractivity contribution in [2.24, 2.45) is 0 Å². The van der Waals surface area contributed by atoms with Crippen LogP contribution < -0.4 is 10.1 Å². The molecule has 98 valence electrons. The van der Waals surface area contributed by atoms with Crippen molar-refractivity contribution < 1.29 is 9.53 Å². The molecule has 0 aliphatic carbocycles. The number of amides is 1. The third-order valence-electron chi connectivity index (χ3n) is 2.60. The zero-order valence-electron chi connectivity index (χ0n) is 10.7. The molecule has 0 atom stereocenters. The standard InChI is InChI=1S/C14H14N2O2S/c1-18-13-9-11(19-2)3-4-12(13)16-14(17)10-5-7-15-8-6-10/h3-9H,1-2H3,(H,16,17). The van der Waals surface area contributed by atoms with Gasteiger partial charge < -0.3 is 10.1 Å². The molecule has 1 amide bonds. The first-order valence-electron chi connectivity index (χ1n) is 5.68. The van der Waals surface area contributed by atoms with Crippen LogP contribution in [0.5, 0.6) is 5.75 Å². The third-order valence-corrected chi connectivity index (χ3v) is 3.32. The normalized spacial score (nSPS) is 10.0. The van der Waals surface area contributed by atoms with Crippen LogP contribution in [0.15, 0.2) is 47.6 Å². The summed E-state index contributed by atoms with van der Waals surface area (Å²) >= 11 is 1.62. The third kappa shape index (κ3) is 3.26. The van der Waals surface area contributed by atoms with Crippen molar-refractivity contribution in [1.29, 1.82) is 0 Å². The van der Waals surface area contributed by atoms with Crippen LogP contribution in [0.3, 0.4) is 0 Å². The Morgan fingerprint density at radius 3 is 2.63 bits per heavy atom. The van der Waals surface area contributed by atoms with Crippen LogP contribution in [0.2, 0.25) is 0 Å². The number of rotatable bonds is 4. The second kappa shape index (κ2) is 6.24. The van der Waals surface area contributed by atoms with E-state index in [2.05, 4.69) is 10.3 Å². The Morgan fingerprint density at radius 1 is 1.26 bits per heavy atom. The fraction of sp³-hybridized carbons (Fsp3) is 0.143. The monoisotopic (exact) mass is 274 g/mol. The van der Waals surface area contributed by atoms with E-state index < -0.39 is 0 Å². The number of ether oxygens (including phenoxy) is 1. The van der Waals surface area contributed by atoms with Gasteiger partial charge in [-0.2, -0.15) is 0 Å². The van der Waals surface area contributed by atoms with Gasteiger partial charge in [-0.1, -0.05) is 0 Å². The van der Waals surface area contributed by atoms with Gasteiger partial charge in [0.05, 0.1) is 12.8 Å². The Morgan fingerprint density at radius 2 is 2.00 bits per heavy atom. The average Bonchev–Trinajstić information content (AvgIpc) is 2.48. The van der Waals surface area contributed by atoms with E-state index in [1.54, 1.807) is 43.4 Å². The van der Waals surface area contributed by atoms with E-state index in [4.69, 9.17) is 4.74 Å². The largest absolute Gasteiger partial charge is 0.495 e. The number of carbonyl (C=O) groups excluding carboxylic acids is 1. The Kier molecular flexibility index (Phi) is 4.41. The highest BCUT2D eigenvalue weighted by Gasteiger charge is 2.09. The number of hydrogen-bond donors (Lipinski definition) is 1. The topological polar surface area (TPSA) is 51.2 Å². The number of nitrogens with one attached hydrogen (secondary N) is 1. The molecule has 4 nitrogen and oxygen atoms in total. The molecular weight excluding hydrogens is 260 g/mol. The maximum absolute atomic E-state index is 12.0. The maximum Gasteiger partial charge on any atom is 0.255 e. The van der Waals surface area contributed by atoms with Gasteiger partial charge in [0.15, 0.2) is 0 Å². The van der Waals surface area contributed by atoms with E-state index in [0.29, 0.717) is 17.0 Å².